The van der Waals surface area contributed by atoms with Crippen LogP contribution in [0.5, 0.6) is 0 Å². The summed E-state index contributed by atoms with van der Waals surface area (Å²) in [5, 5.41) is 8.96. The van der Waals surface area contributed by atoms with Crippen LogP contribution in [0.1, 0.15) is 38.5 Å². The molecule has 0 saturated heterocycles. The molecule has 6 heteroatoms. The number of hydrogen-bond acceptors (Lipinski definition) is 4. The van der Waals surface area contributed by atoms with Crippen LogP contribution in [0.2, 0.25) is 0 Å². The van der Waals surface area contributed by atoms with Crippen molar-refractivity contribution >= 4 is 5.91 Å². The zero-order valence-corrected chi connectivity index (χ0v) is 8.11. The largest absolute Gasteiger partial charge is 0.370 e. The van der Waals surface area contributed by atoms with E-state index in [1.165, 1.54) is 0 Å². The molecule has 1 amide bonds. The molecule has 6 nitrogen and oxygen atoms in total. The molecular weight excluding hydrogens is 188 g/mol. The minimum atomic E-state index is -0.785. The average molecular weight is 204 g/mol. The van der Waals surface area contributed by atoms with Crippen LogP contribution < -0.4 is 5.73 Å². The number of carbonyl (C=O) groups excluding carboxylic acids is 1. The van der Waals surface area contributed by atoms with Gasteiger partial charge in [-0.2, -0.15) is 0 Å². The second-order valence-corrected chi connectivity index (χ2v) is 3.04. The van der Waals surface area contributed by atoms with Crippen molar-refractivity contribution in [1.82, 2.24) is 0 Å². The Morgan fingerprint density at radius 1 is 1.21 bits per heavy atom. The first kappa shape index (κ1) is 12.7. The van der Waals surface area contributed by atoms with Crippen molar-refractivity contribution in [2.45, 2.75) is 38.5 Å². The Labute approximate surface area is 82.5 Å². The Bertz CT molecular complexity index is 164. The predicted octanol–water partition coefficient (Wildman–Crippen LogP) is 1.02. The number of amides is 1. The third-order valence-electron chi connectivity index (χ3n) is 1.76. The third kappa shape index (κ3) is 10.7. The van der Waals surface area contributed by atoms with Gasteiger partial charge in [-0.25, -0.2) is 0 Å². The maximum atomic E-state index is 10.3. The molecule has 0 bridgehead atoms. The zero-order valence-electron chi connectivity index (χ0n) is 8.11. The van der Waals surface area contributed by atoms with Gasteiger partial charge in [-0.05, 0) is 12.8 Å². The number of nitrogens with two attached hydrogens (primary N) is 1. The van der Waals surface area contributed by atoms with Gasteiger partial charge in [0.1, 0.15) is 0 Å². The fourth-order valence-corrected chi connectivity index (χ4v) is 1.07. The fourth-order valence-electron chi connectivity index (χ4n) is 1.07. The maximum absolute atomic E-state index is 10.3. The minimum Gasteiger partial charge on any atom is -0.370 e. The smallest absolute Gasteiger partial charge is 0.294 e. The van der Waals surface area contributed by atoms with Crippen molar-refractivity contribution in [2.75, 3.05) is 6.61 Å². The normalized spacial score (nSPS) is 9.71. The van der Waals surface area contributed by atoms with Crippen molar-refractivity contribution in [3.8, 4) is 0 Å². The molecule has 0 aliphatic rings. The van der Waals surface area contributed by atoms with E-state index in [4.69, 9.17) is 5.73 Å². The fraction of sp³-hybridized carbons (Fsp3) is 0.875. The van der Waals surface area contributed by atoms with Crippen LogP contribution in [0, 0.1) is 10.1 Å². The molecule has 0 spiro atoms. The maximum Gasteiger partial charge on any atom is 0.294 e. The first-order chi connectivity index (χ1) is 6.63. The lowest BCUT2D eigenvalue weighted by Crippen LogP contribution is -2.09. The molecule has 0 atom stereocenters. The first-order valence-electron chi connectivity index (χ1n) is 4.68. The summed E-state index contributed by atoms with van der Waals surface area (Å²) in [6.45, 7) is 0.156. The molecule has 2 N–H and O–H groups in total. The van der Waals surface area contributed by atoms with Crippen LogP contribution in [-0.2, 0) is 9.63 Å². The van der Waals surface area contributed by atoms with E-state index in [0.717, 1.165) is 25.7 Å². The minimum absolute atomic E-state index is 0.156. The lowest BCUT2D eigenvalue weighted by molar-refractivity contribution is -0.757. The van der Waals surface area contributed by atoms with E-state index in [1.54, 1.807) is 0 Å². The standard InChI is InChI=1S/C8H16N2O4/c9-8(11)6-4-2-1-3-5-7-14-10(12)13/h1-7H2,(H2,9,11). The highest BCUT2D eigenvalue weighted by Crippen LogP contribution is 2.04. The molecule has 0 aromatic heterocycles. The number of hydrogen-bond donors (Lipinski definition) is 1. The topological polar surface area (TPSA) is 95.5 Å². The van der Waals surface area contributed by atoms with Gasteiger partial charge in [-0.1, -0.05) is 19.3 Å². The van der Waals surface area contributed by atoms with Gasteiger partial charge in [0, 0.05) is 6.42 Å². The van der Waals surface area contributed by atoms with Gasteiger partial charge >= 0.3 is 0 Å². The SMILES string of the molecule is NC(=O)CCCCCCCO[N+](=O)[O-]. The van der Waals surface area contributed by atoms with E-state index < -0.39 is 5.09 Å². The van der Waals surface area contributed by atoms with E-state index >= 15 is 0 Å². The Kier molecular flexibility index (Phi) is 7.49. The summed E-state index contributed by atoms with van der Waals surface area (Å²) in [6, 6.07) is 0. The molecule has 0 unspecified atom stereocenters. The van der Waals surface area contributed by atoms with Crippen molar-refractivity contribution < 1.29 is 14.7 Å². The number of rotatable bonds is 9. The number of unbranched alkanes of at least 4 members (excludes halogenated alkanes) is 4. The van der Waals surface area contributed by atoms with E-state index in [-0.39, 0.29) is 12.5 Å². The molecule has 0 aromatic carbocycles. The van der Waals surface area contributed by atoms with Gasteiger partial charge in [0.25, 0.3) is 5.09 Å². The van der Waals surface area contributed by atoms with Gasteiger partial charge < -0.3 is 10.6 Å². The van der Waals surface area contributed by atoms with Crippen LogP contribution in [0.4, 0.5) is 0 Å². The Balaban J connectivity index is 2.99. The Morgan fingerprint density at radius 2 is 1.79 bits per heavy atom. The molecule has 0 fully saturated rings. The lowest BCUT2D eigenvalue weighted by atomic mass is 10.1. The first-order valence-corrected chi connectivity index (χ1v) is 4.68. The van der Waals surface area contributed by atoms with E-state index in [2.05, 4.69) is 4.84 Å². The zero-order chi connectivity index (χ0) is 10.8. The van der Waals surface area contributed by atoms with E-state index in [0.29, 0.717) is 12.8 Å². The summed E-state index contributed by atoms with van der Waals surface area (Å²) >= 11 is 0. The summed E-state index contributed by atoms with van der Waals surface area (Å²) in [4.78, 5) is 24.2. The van der Waals surface area contributed by atoms with E-state index in [1.807, 2.05) is 0 Å². The van der Waals surface area contributed by atoms with Crippen molar-refractivity contribution in [3.63, 3.8) is 0 Å². The molecular formula is C8H16N2O4. The molecule has 0 aliphatic heterocycles. The predicted molar refractivity (Wildman–Crippen MR) is 49.8 cm³/mol. The van der Waals surface area contributed by atoms with Crippen LogP contribution >= 0.6 is 0 Å². The van der Waals surface area contributed by atoms with Crippen molar-refractivity contribution in [2.24, 2.45) is 5.73 Å². The summed E-state index contributed by atoms with van der Waals surface area (Å²) in [6.07, 6.45) is 4.66. The van der Waals surface area contributed by atoms with Crippen LogP contribution in [0.3, 0.4) is 0 Å². The summed E-state index contributed by atoms with van der Waals surface area (Å²) < 4.78 is 0. The second-order valence-electron chi connectivity index (χ2n) is 3.04. The highest BCUT2D eigenvalue weighted by molar-refractivity contribution is 5.73. The molecule has 0 rings (SSSR count). The van der Waals surface area contributed by atoms with Crippen LogP contribution in [0.25, 0.3) is 0 Å². The summed E-state index contributed by atoms with van der Waals surface area (Å²) in [5.41, 5.74) is 4.95. The van der Waals surface area contributed by atoms with Gasteiger partial charge in [0.05, 0.1) is 6.61 Å². The summed E-state index contributed by atoms with van der Waals surface area (Å²) in [7, 11) is 0. The Morgan fingerprint density at radius 3 is 2.36 bits per heavy atom. The monoisotopic (exact) mass is 204 g/mol. The van der Waals surface area contributed by atoms with Crippen LogP contribution in [-0.4, -0.2) is 17.6 Å². The molecule has 0 heterocycles. The van der Waals surface area contributed by atoms with Gasteiger partial charge in [-0.15, -0.1) is 10.1 Å². The number of nitrogens with zero attached hydrogens (tertiary/aromatic N) is 1. The highest BCUT2D eigenvalue weighted by atomic mass is 16.9. The molecule has 14 heavy (non-hydrogen) atoms. The molecule has 0 aromatic rings. The molecule has 0 radical (unpaired) electrons. The van der Waals surface area contributed by atoms with Crippen molar-refractivity contribution in [3.05, 3.63) is 10.1 Å². The number of primary amides is 1. The molecule has 82 valence electrons. The van der Waals surface area contributed by atoms with Crippen molar-refractivity contribution in [1.29, 1.82) is 0 Å². The quantitative estimate of drug-likeness (QED) is 0.344. The molecule has 0 saturated carbocycles. The van der Waals surface area contributed by atoms with Gasteiger partial charge in [-0.3, -0.25) is 4.79 Å². The van der Waals surface area contributed by atoms with Crippen LogP contribution in [0.15, 0.2) is 0 Å². The molecule has 0 aliphatic carbocycles. The van der Waals surface area contributed by atoms with E-state index in [9.17, 15) is 14.9 Å². The summed E-state index contributed by atoms with van der Waals surface area (Å²) in [5.74, 6) is -0.276. The average Bonchev–Trinajstić information content (AvgIpc) is 2.08. The Hall–Kier alpha value is -1.33. The van der Waals surface area contributed by atoms with Gasteiger partial charge in [0.15, 0.2) is 0 Å². The number of carbonyl (C=O) groups is 1. The lowest BCUT2D eigenvalue weighted by Gasteiger charge is -1.99. The highest BCUT2D eigenvalue weighted by Gasteiger charge is 1.96. The van der Waals surface area contributed by atoms with Gasteiger partial charge in [0.2, 0.25) is 5.91 Å². The second kappa shape index (κ2) is 8.28. The third-order valence-corrected chi connectivity index (χ3v) is 1.76.